The van der Waals surface area contributed by atoms with Crippen molar-refractivity contribution in [2.45, 2.75) is 25.7 Å². The third-order valence-corrected chi connectivity index (χ3v) is 5.94. The Kier molecular flexibility index (Phi) is 9.87. The minimum atomic E-state index is 0.256. The summed E-state index contributed by atoms with van der Waals surface area (Å²) in [4.78, 5) is 9.98. The van der Waals surface area contributed by atoms with Crippen molar-refractivity contribution < 1.29 is 0 Å². The lowest BCUT2D eigenvalue weighted by Crippen LogP contribution is -2.39. The summed E-state index contributed by atoms with van der Waals surface area (Å²) in [6.45, 7) is 10.6. The number of hydrogen-bond donors (Lipinski definition) is 2. The van der Waals surface area contributed by atoms with Crippen LogP contribution < -0.4 is 10.6 Å². The van der Waals surface area contributed by atoms with Gasteiger partial charge in [0.25, 0.3) is 0 Å². The molecular formula is C26H39N5. The summed E-state index contributed by atoms with van der Waals surface area (Å²) in [5, 5.41) is 6.96. The lowest BCUT2D eigenvalue weighted by Gasteiger charge is -2.21. The zero-order valence-electron chi connectivity index (χ0n) is 19.3. The van der Waals surface area contributed by atoms with Gasteiger partial charge in [-0.15, -0.1) is 0 Å². The first-order valence-electron chi connectivity index (χ1n) is 11.8. The Labute approximate surface area is 188 Å². The van der Waals surface area contributed by atoms with E-state index in [9.17, 15) is 0 Å². The molecule has 0 saturated carbocycles. The Morgan fingerprint density at radius 3 is 2.23 bits per heavy atom. The topological polar surface area (TPSA) is 42.9 Å². The molecular weight excluding hydrogens is 382 g/mol. The van der Waals surface area contributed by atoms with Crippen LogP contribution >= 0.6 is 0 Å². The Morgan fingerprint density at radius 1 is 0.903 bits per heavy atom. The minimum absolute atomic E-state index is 0.256. The van der Waals surface area contributed by atoms with Crippen LogP contribution in [0.4, 0.5) is 0 Å². The average Bonchev–Trinajstić information content (AvgIpc) is 3.02. The van der Waals surface area contributed by atoms with Gasteiger partial charge in [0.2, 0.25) is 0 Å². The summed E-state index contributed by atoms with van der Waals surface area (Å²) in [5.74, 6) is 1.17. The fraction of sp³-hybridized carbons (Fsp3) is 0.500. The van der Waals surface area contributed by atoms with Crippen molar-refractivity contribution in [2.75, 3.05) is 59.4 Å². The first-order chi connectivity index (χ1) is 15.3. The maximum absolute atomic E-state index is 4.95. The van der Waals surface area contributed by atoms with Crippen LogP contribution in [0.1, 0.15) is 36.8 Å². The first-order valence-corrected chi connectivity index (χ1v) is 11.8. The third kappa shape index (κ3) is 8.00. The first kappa shape index (κ1) is 23.3. The summed E-state index contributed by atoms with van der Waals surface area (Å²) in [5.41, 5.74) is 2.61. The predicted molar refractivity (Wildman–Crippen MR) is 132 cm³/mol. The van der Waals surface area contributed by atoms with Gasteiger partial charge in [-0.1, -0.05) is 60.7 Å². The molecule has 5 nitrogen and oxygen atoms in total. The van der Waals surface area contributed by atoms with E-state index < -0.39 is 0 Å². The summed E-state index contributed by atoms with van der Waals surface area (Å²) < 4.78 is 0. The van der Waals surface area contributed by atoms with E-state index in [-0.39, 0.29) is 5.92 Å². The van der Waals surface area contributed by atoms with Crippen molar-refractivity contribution in [3.63, 3.8) is 0 Å². The Bertz CT molecular complexity index is 722. The van der Waals surface area contributed by atoms with E-state index >= 15 is 0 Å². The largest absolute Gasteiger partial charge is 0.357 e. The fourth-order valence-corrected chi connectivity index (χ4v) is 4.13. The quantitative estimate of drug-likeness (QED) is 0.370. The van der Waals surface area contributed by atoms with Crippen molar-refractivity contribution >= 4 is 5.96 Å². The van der Waals surface area contributed by atoms with Gasteiger partial charge in [-0.25, -0.2) is 0 Å². The van der Waals surface area contributed by atoms with Crippen molar-refractivity contribution in [3.05, 3.63) is 71.8 Å². The van der Waals surface area contributed by atoms with Crippen LogP contribution in [-0.4, -0.2) is 75.2 Å². The Balaban J connectivity index is 1.55. The maximum atomic E-state index is 4.95. The van der Waals surface area contributed by atoms with Crippen LogP contribution in [0.15, 0.2) is 65.7 Å². The second-order valence-corrected chi connectivity index (χ2v) is 8.37. The van der Waals surface area contributed by atoms with Gasteiger partial charge < -0.3 is 20.4 Å². The number of guanidine groups is 1. The van der Waals surface area contributed by atoms with E-state index in [4.69, 9.17) is 4.99 Å². The van der Waals surface area contributed by atoms with Crippen molar-refractivity contribution in [1.82, 2.24) is 20.4 Å². The van der Waals surface area contributed by atoms with Gasteiger partial charge in [0.05, 0.1) is 6.54 Å². The van der Waals surface area contributed by atoms with E-state index in [1.807, 2.05) is 0 Å². The molecule has 168 valence electrons. The Morgan fingerprint density at radius 2 is 1.58 bits per heavy atom. The predicted octanol–water partition coefficient (Wildman–Crippen LogP) is 3.40. The highest BCUT2D eigenvalue weighted by Gasteiger charge is 2.14. The molecule has 3 rings (SSSR count). The van der Waals surface area contributed by atoms with Gasteiger partial charge in [0, 0.05) is 32.1 Å². The van der Waals surface area contributed by atoms with Crippen molar-refractivity contribution in [1.29, 1.82) is 0 Å². The van der Waals surface area contributed by atoms with Crippen LogP contribution in [0.2, 0.25) is 0 Å². The van der Waals surface area contributed by atoms with Gasteiger partial charge in [0.1, 0.15) is 0 Å². The highest BCUT2D eigenvalue weighted by Crippen LogP contribution is 2.24. The van der Waals surface area contributed by atoms with Crippen molar-refractivity contribution in [3.8, 4) is 0 Å². The molecule has 0 radical (unpaired) electrons. The number of nitrogens with one attached hydrogen (secondary N) is 2. The van der Waals surface area contributed by atoms with Gasteiger partial charge in [-0.3, -0.25) is 4.99 Å². The highest BCUT2D eigenvalue weighted by atomic mass is 15.2. The second kappa shape index (κ2) is 13.1. The molecule has 1 aliphatic rings. The van der Waals surface area contributed by atoms with Gasteiger partial charge in [0.15, 0.2) is 5.96 Å². The molecule has 2 N–H and O–H groups in total. The van der Waals surface area contributed by atoms with Gasteiger partial charge >= 0.3 is 0 Å². The molecule has 0 atom stereocenters. The summed E-state index contributed by atoms with van der Waals surface area (Å²) in [7, 11) is 2.22. The lowest BCUT2D eigenvalue weighted by molar-refractivity contribution is 0.274. The van der Waals surface area contributed by atoms with Crippen LogP contribution in [0.5, 0.6) is 0 Å². The molecule has 31 heavy (non-hydrogen) atoms. The van der Waals surface area contributed by atoms with E-state index in [2.05, 4.69) is 95.1 Å². The normalized spacial score (nSPS) is 16.3. The van der Waals surface area contributed by atoms with Crippen LogP contribution in [0.3, 0.4) is 0 Å². The average molecular weight is 422 g/mol. The van der Waals surface area contributed by atoms with Crippen molar-refractivity contribution in [2.24, 2.45) is 4.99 Å². The van der Waals surface area contributed by atoms with Gasteiger partial charge in [-0.2, -0.15) is 0 Å². The van der Waals surface area contributed by atoms with E-state index in [1.165, 1.54) is 43.7 Å². The van der Waals surface area contributed by atoms with Crippen LogP contribution in [0, 0.1) is 0 Å². The number of rotatable bonds is 9. The number of benzene rings is 2. The molecule has 2 aromatic rings. The molecule has 1 saturated heterocycles. The number of aliphatic imine (C=N–C) groups is 1. The number of nitrogens with zero attached hydrogens (tertiary/aromatic N) is 3. The molecule has 1 fully saturated rings. The molecule has 0 bridgehead atoms. The standard InChI is InChI=1S/C26H39N5/c1-3-27-26(28-16-10-18-31-19-11-17-30(2)20-21-31)29-22-25(23-12-6-4-7-13-23)24-14-8-5-9-15-24/h4-9,12-15,25H,3,10-11,16-22H2,1-2H3,(H2,27,28,29). The van der Waals surface area contributed by atoms with Crippen LogP contribution in [-0.2, 0) is 0 Å². The highest BCUT2D eigenvalue weighted by molar-refractivity contribution is 5.79. The minimum Gasteiger partial charge on any atom is -0.357 e. The maximum Gasteiger partial charge on any atom is 0.191 e. The molecule has 0 aromatic heterocycles. The molecule has 0 spiro atoms. The zero-order chi connectivity index (χ0) is 21.7. The molecule has 2 aromatic carbocycles. The van der Waals surface area contributed by atoms with E-state index in [0.717, 1.165) is 38.6 Å². The summed E-state index contributed by atoms with van der Waals surface area (Å²) in [6, 6.07) is 21.4. The molecule has 1 heterocycles. The van der Waals surface area contributed by atoms with Crippen LogP contribution in [0.25, 0.3) is 0 Å². The monoisotopic (exact) mass is 421 g/mol. The SMILES string of the molecule is CCNC(=NCC(c1ccccc1)c1ccccc1)NCCCN1CCCN(C)CC1. The summed E-state index contributed by atoms with van der Waals surface area (Å²) in [6.07, 6.45) is 2.41. The number of hydrogen-bond acceptors (Lipinski definition) is 3. The lowest BCUT2D eigenvalue weighted by atomic mass is 9.91. The Hall–Kier alpha value is -2.37. The number of likely N-dealkylation sites (N-methyl/N-ethyl adjacent to an activating group) is 1. The smallest absolute Gasteiger partial charge is 0.191 e. The summed E-state index contributed by atoms with van der Waals surface area (Å²) >= 11 is 0. The second-order valence-electron chi connectivity index (χ2n) is 8.37. The molecule has 5 heteroatoms. The molecule has 0 aliphatic carbocycles. The van der Waals surface area contributed by atoms with E-state index in [0.29, 0.717) is 0 Å². The van der Waals surface area contributed by atoms with Gasteiger partial charge in [-0.05, 0) is 57.6 Å². The van der Waals surface area contributed by atoms with E-state index in [1.54, 1.807) is 0 Å². The molecule has 1 aliphatic heterocycles. The fourth-order valence-electron chi connectivity index (χ4n) is 4.13. The molecule has 0 unspecified atom stereocenters. The third-order valence-electron chi connectivity index (χ3n) is 5.94. The molecule has 0 amide bonds. The zero-order valence-corrected chi connectivity index (χ0v) is 19.3.